The van der Waals surface area contributed by atoms with Crippen LogP contribution < -0.4 is 0 Å². The van der Waals surface area contributed by atoms with E-state index in [2.05, 4.69) is 10.1 Å². The summed E-state index contributed by atoms with van der Waals surface area (Å²) in [6.07, 6.45) is 2.16. The predicted octanol–water partition coefficient (Wildman–Crippen LogP) is 4.16. The molecule has 1 aromatic carbocycles. The van der Waals surface area contributed by atoms with Crippen LogP contribution in [0.3, 0.4) is 0 Å². The third-order valence-electron chi connectivity index (χ3n) is 4.10. The van der Waals surface area contributed by atoms with E-state index >= 15 is 0 Å². The summed E-state index contributed by atoms with van der Waals surface area (Å²) in [6, 6.07) is 10.0. The third kappa shape index (κ3) is 3.40. The minimum absolute atomic E-state index is 0.260. The Labute approximate surface area is 144 Å². The maximum Gasteiger partial charge on any atom is 0.258 e. The van der Waals surface area contributed by atoms with Gasteiger partial charge in [-0.3, -0.25) is 0 Å². The average molecular weight is 342 g/mol. The van der Waals surface area contributed by atoms with E-state index in [-0.39, 0.29) is 6.10 Å². The molecule has 1 fully saturated rings. The van der Waals surface area contributed by atoms with Crippen LogP contribution in [0, 0.1) is 0 Å². The quantitative estimate of drug-likeness (QED) is 0.697. The monoisotopic (exact) mass is 342 g/mol. The van der Waals surface area contributed by atoms with Crippen molar-refractivity contribution in [3.05, 3.63) is 46.7 Å². The maximum atomic E-state index is 6.04. The van der Waals surface area contributed by atoms with Crippen molar-refractivity contribution in [2.75, 3.05) is 13.2 Å². The van der Waals surface area contributed by atoms with Crippen molar-refractivity contribution in [2.24, 2.45) is 0 Å². The summed E-state index contributed by atoms with van der Waals surface area (Å²) in [7, 11) is 0. The van der Waals surface area contributed by atoms with Gasteiger partial charge >= 0.3 is 0 Å². The molecule has 1 aliphatic heterocycles. The molecular weight excluding hydrogens is 324 g/mol. The summed E-state index contributed by atoms with van der Waals surface area (Å²) in [5, 5.41) is 8.10. The van der Waals surface area contributed by atoms with Gasteiger partial charge in [0.25, 0.3) is 5.89 Å². The molecule has 3 heterocycles. The number of ether oxygens (including phenoxy) is 2. The molecule has 24 heavy (non-hydrogen) atoms. The van der Waals surface area contributed by atoms with Gasteiger partial charge in [0.1, 0.15) is 0 Å². The fourth-order valence-electron chi connectivity index (χ4n) is 2.75. The van der Waals surface area contributed by atoms with Crippen molar-refractivity contribution in [1.82, 2.24) is 10.1 Å². The smallest absolute Gasteiger partial charge is 0.258 e. The van der Waals surface area contributed by atoms with Crippen LogP contribution >= 0.6 is 11.3 Å². The number of nitrogens with zero attached hydrogens (tertiary/aromatic N) is 2. The SMILES string of the molecule is c1ccc(-c2nc(-c3ccsc3)no2)c(COC2CCOCC2)c1. The lowest BCUT2D eigenvalue weighted by molar-refractivity contribution is -0.0389. The first kappa shape index (κ1) is 15.5. The van der Waals surface area contributed by atoms with Gasteiger partial charge in [-0.1, -0.05) is 23.4 Å². The first-order valence-corrected chi connectivity index (χ1v) is 8.98. The van der Waals surface area contributed by atoms with Crippen molar-refractivity contribution >= 4 is 11.3 Å². The normalized spacial score (nSPS) is 15.7. The van der Waals surface area contributed by atoms with Crippen LogP contribution in [0.1, 0.15) is 18.4 Å². The number of rotatable bonds is 5. The topological polar surface area (TPSA) is 57.4 Å². The summed E-state index contributed by atoms with van der Waals surface area (Å²) >= 11 is 1.61. The molecule has 0 atom stereocenters. The van der Waals surface area contributed by atoms with Crippen molar-refractivity contribution in [2.45, 2.75) is 25.6 Å². The Bertz CT molecular complexity index is 779. The first-order chi connectivity index (χ1) is 11.9. The summed E-state index contributed by atoms with van der Waals surface area (Å²) in [4.78, 5) is 4.53. The van der Waals surface area contributed by atoms with E-state index in [9.17, 15) is 0 Å². The molecule has 1 saturated heterocycles. The minimum Gasteiger partial charge on any atom is -0.381 e. The fourth-order valence-corrected chi connectivity index (χ4v) is 3.38. The standard InChI is InChI=1S/C18H18N2O3S/c1-2-4-16(13(3-1)11-22-15-5-8-21-9-6-15)18-19-17(20-23-18)14-7-10-24-12-14/h1-4,7,10,12,15H,5-6,8-9,11H2. The molecule has 2 aromatic heterocycles. The Kier molecular flexibility index (Phi) is 4.69. The van der Waals surface area contributed by atoms with Crippen LogP contribution in [0.25, 0.3) is 22.8 Å². The number of hydrogen-bond donors (Lipinski definition) is 0. The van der Waals surface area contributed by atoms with Gasteiger partial charge < -0.3 is 14.0 Å². The highest BCUT2D eigenvalue weighted by Crippen LogP contribution is 2.27. The summed E-state index contributed by atoms with van der Waals surface area (Å²) in [6.45, 7) is 2.09. The van der Waals surface area contributed by atoms with Gasteiger partial charge in [0.05, 0.1) is 12.7 Å². The molecule has 0 radical (unpaired) electrons. The van der Waals surface area contributed by atoms with Crippen LogP contribution in [0.15, 0.2) is 45.6 Å². The van der Waals surface area contributed by atoms with Gasteiger partial charge in [-0.25, -0.2) is 0 Å². The average Bonchev–Trinajstić information content (AvgIpc) is 3.32. The number of thiophene rings is 1. The van der Waals surface area contributed by atoms with E-state index < -0.39 is 0 Å². The Morgan fingerprint density at radius 2 is 2.04 bits per heavy atom. The molecule has 0 spiro atoms. The highest BCUT2D eigenvalue weighted by molar-refractivity contribution is 7.08. The molecule has 6 heteroatoms. The number of benzene rings is 1. The molecule has 0 saturated carbocycles. The largest absolute Gasteiger partial charge is 0.381 e. The van der Waals surface area contributed by atoms with E-state index in [0.717, 1.165) is 42.7 Å². The lowest BCUT2D eigenvalue weighted by atomic mass is 10.1. The Hall–Kier alpha value is -2.02. The van der Waals surface area contributed by atoms with E-state index in [1.807, 2.05) is 41.1 Å². The van der Waals surface area contributed by atoms with Crippen LogP contribution in [0.4, 0.5) is 0 Å². The molecule has 1 aliphatic rings. The van der Waals surface area contributed by atoms with Gasteiger partial charge in [0.15, 0.2) is 0 Å². The second-order valence-corrected chi connectivity index (χ2v) is 6.50. The fraction of sp³-hybridized carbons (Fsp3) is 0.333. The van der Waals surface area contributed by atoms with Gasteiger partial charge in [-0.15, -0.1) is 0 Å². The van der Waals surface area contributed by atoms with Crippen molar-refractivity contribution < 1.29 is 14.0 Å². The van der Waals surface area contributed by atoms with Gasteiger partial charge in [0.2, 0.25) is 5.82 Å². The highest BCUT2D eigenvalue weighted by Gasteiger charge is 2.17. The molecule has 5 nitrogen and oxygen atoms in total. The Morgan fingerprint density at radius 1 is 1.17 bits per heavy atom. The van der Waals surface area contributed by atoms with Crippen LogP contribution in [-0.4, -0.2) is 29.5 Å². The lowest BCUT2D eigenvalue weighted by Crippen LogP contribution is -2.23. The zero-order valence-electron chi connectivity index (χ0n) is 13.2. The zero-order chi connectivity index (χ0) is 16.2. The molecule has 4 rings (SSSR count). The van der Waals surface area contributed by atoms with Gasteiger partial charge in [-0.2, -0.15) is 16.3 Å². The van der Waals surface area contributed by atoms with E-state index in [4.69, 9.17) is 14.0 Å². The lowest BCUT2D eigenvalue weighted by Gasteiger charge is -2.22. The molecule has 0 amide bonds. The predicted molar refractivity (Wildman–Crippen MR) is 91.7 cm³/mol. The van der Waals surface area contributed by atoms with Crippen molar-refractivity contribution in [3.63, 3.8) is 0 Å². The van der Waals surface area contributed by atoms with Gasteiger partial charge in [0, 0.05) is 29.7 Å². The second-order valence-electron chi connectivity index (χ2n) is 5.72. The molecule has 0 aliphatic carbocycles. The van der Waals surface area contributed by atoms with Gasteiger partial charge in [-0.05, 0) is 35.9 Å². The maximum absolute atomic E-state index is 6.04. The molecule has 0 unspecified atom stereocenters. The van der Waals surface area contributed by atoms with Crippen LogP contribution in [0.2, 0.25) is 0 Å². The van der Waals surface area contributed by atoms with E-state index in [1.165, 1.54) is 0 Å². The zero-order valence-corrected chi connectivity index (χ0v) is 14.0. The molecule has 0 bridgehead atoms. The Balaban J connectivity index is 1.53. The summed E-state index contributed by atoms with van der Waals surface area (Å²) in [5.74, 6) is 1.15. The van der Waals surface area contributed by atoms with Crippen LogP contribution in [0.5, 0.6) is 0 Å². The van der Waals surface area contributed by atoms with Crippen molar-refractivity contribution in [3.8, 4) is 22.8 Å². The molecule has 3 aromatic rings. The summed E-state index contributed by atoms with van der Waals surface area (Å²) < 4.78 is 16.9. The summed E-state index contributed by atoms with van der Waals surface area (Å²) in [5.41, 5.74) is 2.97. The van der Waals surface area contributed by atoms with Crippen LogP contribution in [-0.2, 0) is 16.1 Å². The first-order valence-electron chi connectivity index (χ1n) is 8.04. The van der Waals surface area contributed by atoms with Crippen molar-refractivity contribution in [1.29, 1.82) is 0 Å². The molecular formula is C18H18N2O3S. The number of aromatic nitrogens is 2. The minimum atomic E-state index is 0.260. The van der Waals surface area contributed by atoms with E-state index in [1.54, 1.807) is 11.3 Å². The second kappa shape index (κ2) is 7.25. The molecule has 0 N–H and O–H groups in total. The van der Waals surface area contributed by atoms with E-state index in [0.29, 0.717) is 18.3 Å². The third-order valence-corrected chi connectivity index (χ3v) is 4.78. The number of hydrogen-bond acceptors (Lipinski definition) is 6. The highest BCUT2D eigenvalue weighted by atomic mass is 32.1. The molecule has 124 valence electrons. The Morgan fingerprint density at radius 3 is 2.88 bits per heavy atom.